The lowest BCUT2D eigenvalue weighted by molar-refractivity contribution is -0.139. The molecule has 2 N–H and O–H groups in total. The molecule has 0 radical (unpaired) electrons. The Labute approximate surface area is 175 Å². The molecule has 2 aliphatic heterocycles. The van der Waals surface area contributed by atoms with Crippen LogP contribution in [0.1, 0.15) is 23.2 Å². The van der Waals surface area contributed by atoms with Crippen LogP contribution in [0.3, 0.4) is 0 Å². The van der Waals surface area contributed by atoms with E-state index in [4.69, 9.17) is 10.5 Å². The van der Waals surface area contributed by atoms with Gasteiger partial charge in [0.05, 0.1) is 17.9 Å². The van der Waals surface area contributed by atoms with Crippen LogP contribution >= 0.6 is 0 Å². The zero-order chi connectivity index (χ0) is 22.3. The Morgan fingerprint density at radius 2 is 2.03 bits per heavy atom. The molecule has 0 aliphatic carbocycles. The molecule has 0 saturated carbocycles. The molecule has 2 aliphatic rings. The summed E-state index contributed by atoms with van der Waals surface area (Å²) in [6.07, 6.45) is -5.10. The van der Waals surface area contributed by atoms with Gasteiger partial charge in [-0.3, -0.25) is 4.90 Å². The summed E-state index contributed by atoms with van der Waals surface area (Å²) >= 11 is 0. The molecule has 31 heavy (non-hydrogen) atoms. The van der Waals surface area contributed by atoms with Crippen LogP contribution in [0, 0.1) is 5.82 Å². The molecule has 1 fully saturated rings. The topological polar surface area (TPSA) is 67.5 Å². The van der Waals surface area contributed by atoms with E-state index in [1.165, 1.54) is 17.0 Å². The lowest BCUT2D eigenvalue weighted by Gasteiger charge is -2.32. The number of nitrogen functional groups attached to an aromatic ring is 1. The van der Waals surface area contributed by atoms with Gasteiger partial charge in [-0.15, -0.1) is 0 Å². The quantitative estimate of drug-likeness (QED) is 0.733. The third-order valence-electron chi connectivity index (χ3n) is 5.73. The van der Waals surface area contributed by atoms with Crippen molar-refractivity contribution in [2.75, 3.05) is 37.4 Å². The predicted octanol–water partition coefficient (Wildman–Crippen LogP) is 3.20. The SMILES string of the molecule is CN1C[C@@H](F)C[C@@H]1COc1nc(N)c2c(n1)CN(c1cccc(F)c1C(F)(F)F)CC2. The highest BCUT2D eigenvalue weighted by Crippen LogP contribution is 2.40. The summed E-state index contributed by atoms with van der Waals surface area (Å²) in [6, 6.07) is 3.13. The minimum absolute atomic E-state index is 0.000825. The maximum absolute atomic E-state index is 14.0. The highest BCUT2D eigenvalue weighted by Gasteiger charge is 2.39. The van der Waals surface area contributed by atoms with E-state index < -0.39 is 23.7 Å². The largest absolute Gasteiger partial charge is 0.462 e. The number of nitrogens with zero attached hydrogens (tertiary/aromatic N) is 4. The van der Waals surface area contributed by atoms with Crippen LogP contribution < -0.4 is 15.4 Å². The normalized spacial score (nSPS) is 21.9. The molecule has 0 unspecified atom stereocenters. The van der Waals surface area contributed by atoms with Gasteiger partial charge >= 0.3 is 12.2 Å². The number of rotatable bonds is 4. The first-order valence-electron chi connectivity index (χ1n) is 9.86. The molecule has 168 valence electrons. The van der Waals surface area contributed by atoms with E-state index in [-0.39, 0.29) is 43.3 Å². The summed E-state index contributed by atoms with van der Waals surface area (Å²) in [4.78, 5) is 11.7. The van der Waals surface area contributed by atoms with E-state index in [0.717, 1.165) is 6.07 Å². The van der Waals surface area contributed by atoms with Gasteiger partial charge < -0.3 is 15.4 Å². The summed E-state index contributed by atoms with van der Waals surface area (Å²) in [6.45, 7) is 0.700. The smallest absolute Gasteiger partial charge is 0.421 e. The van der Waals surface area contributed by atoms with Crippen molar-refractivity contribution in [1.29, 1.82) is 0 Å². The van der Waals surface area contributed by atoms with Gasteiger partial charge in [0, 0.05) is 24.7 Å². The summed E-state index contributed by atoms with van der Waals surface area (Å²) < 4.78 is 73.4. The van der Waals surface area contributed by atoms with Crippen molar-refractivity contribution in [2.24, 2.45) is 0 Å². The molecule has 3 heterocycles. The second-order valence-electron chi connectivity index (χ2n) is 7.86. The monoisotopic (exact) mass is 443 g/mol. The first kappa shape index (κ1) is 21.5. The lowest BCUT2D eigenvalue weighted by atomic mass is 10.0. The third-order valence-corrected chi connectivity index (χ3v) is 5.73. The Bertz CT molecular complexity index is 970. The number of benzene rings is 1. The van der Waals surface area contributed by atoms with E-state index in [0.29, 0.717) is 30.6 Å². The number of anilines is 2. The summed E-state index contributed by atoms with van der Waals surface area (Å²) in [5.41, 5.74) is 5.53. The van der Waals surface area contributed by atoms with Crippen LogP contribution in [-0.2, 0) is 19.1 Å². The molecule has 4 rings (SSSR count). The van der Waals surface area contributed by atoms with Crippen molar-refractivity contribution in [1.82, 2.24) is 14.9 Å². The van der Waals surface area contributed by atoms with Gasteiger partial charge in [-0.05, 0) is 32.0 Å². The van der Waals surface area contributed by atoms with Gasteiger partial charge in [-0.2, -0.15) is 23.1 Å². The average molecular weight is 443 g/mol. The first-order valence-corrected chi connectivity index (χ1v) is 9.86. The highest BCUT2D eigenvalue weighted by molar-refractivity contribution is 5.58. The van der Waals surface area contributed by atoms with Gasteiger partial charge in [-0.25, -0.2) is 8.78 Å². The Kier molecular flexibility index (Phi) is 5.63. The molecule has 11 heteroatoms. The second kappa shape index (κ2) is 8.10. The van der Waals surface area contributed by atoms with Crippen LogP contribution in [0.2, 0.25) is 0 Å². The number of halogens is 5. The highest BCUT2D eigenvalue weighted by atomic mass is 19.4. The van der Waals surface area contributed by atoms with Crippen LogP contribution in [-0.4, -0.2) is 53.8 Å². The molecule has 1 saturated heterocycles. The molecule has 2 atom stereocenters. The summed E-state index contributed by atoms with van der Waals surface area (Å²) in [7, 11) is 1.80. The van der Waals surface area contributed by atoms with E-state index in [2.05, 4.69) is 9.97 Å². The standard InChI is InChI=1S/C20H22F5N5O/c1-29-8-11(21)7-12(29)10-31-19-27-15-9-30(6-5-13(15)18(26)28-19)16-4-2-3-14(22)17(16)20(23,24)25/h2-4,11-12H,5-10H2,1H3,(H2,26,27,28)/t11-,12+/m0/s1. The van der Waals surface area contributed by atoms with Gasteiger partial charge in [0.15, 0.2) is 0 Å². The summed E-state index contributed by atoms with van der Waals surface area (Å²) in [5.74, 6) is -1.13. The van der Waals surface area contributed by atoms with Crippen LogP contribution in [0.4, 0.5) is 33.5 Å². The maximum atomic E-state index is 14.0. The Hall–Kier alpha value is -2.69. The van der Waals surface area contributed by atoms with Crippen molar-refractivity contribution in [3.63, 3.8) is 0 Å². The number of likely N-dealkylation sites (tertiary alicyclic amines) is 1. The molecule has 6 nitrogen and oxygen atoms in total. The van der Waals surface area contributed by atoms with Crippen LogP contribution in [0.5, 0.6) is 6.01 Å². The third kappa shape index (κ3) is 4.36. The molecular weight excluding hydrogens is 421 g/mol. The van der Waals surface area contributed by atoms with E-state index >= 15 is 0 Å². The van der Waals surface area contributed by atoms with Gasteiger partial charge in [0.1, 0.15) is 30.0 Å². The predicted molar refractivity (Wildman–Crippen MR) is 104 cm³/mol. The number of ether oxygens (including phenoxy) is 1. The van der Waals surface area contributed by atoms with E-state index in [9.17, 15) is 22.0 Å². The Morgan fingerprint density at radius 3 is 2.71 bits per heavy atom. The molecular formula is C20H22F5N5O. The summed E-state index contributed by atoms with van der Waals surface area (Å²) in [5, 5.41) is 0. The lowest BCUT2D eigenvalue weighted by Crippen LogP contribution is -2.34. The van der Waals surface area contributed by atoms with E-state index in [1.807, 2.05) is 4.90 Å². The fraction of sp³-hybridized carbons (Fsp3) is 0.500. The van der Waals surface area contributed by atoms with Crippen molar-refractivity contribution in [3.8, 4) is 6.01 Å². The molecule has 0 amide bonds. The Balaban J connectivity index is 1.56. The number of hydrogen-bond donors (Lipinski definition) is 1. The molecule has 1 aromatic heterocycles. The first-order chi connectivity index (χ1) is 14.6. The number of aromatic nitrogens is 2. The minimum atomic E-state index is -4.83. The van der Waals surface area contributed by atoms with E-state index in [1.54, 1.807) is 7.05 Å². The molecule has 1 aromatic carbocycles. The van der Waals surface area contributed by atoms with Crippen molar-refractivity contribution in [3.05, 3.63) is 40.8 Å². The second-order valence-corrected chi connectivity index (χ2v) is 7.86. The van der Waals surface area contributed by atoms with Crippen molar-refractivity contribution >= 4 is 11.5 Å². The molecule has 0 bridgehead atoms. The maximum Gasteiger partial charge on any atom is 0.421 e. The number of nitrogens with two attached hydrogens (primary N) is 1. The Morgan fingerprint density at radius 1 is 1.26 bits per heavy atom. The molecule has 0 spiro atoms. The number of fused-ring (bicyclic) bond motifs is 1. The number of alkyl halides is 4. The number of hydrogen-bond acceptors (Lipinski definition) is 6. The van der Waals surface area contributed by atoms with Crippen molar-refractivity contribution < 1.29 is 26.7 Å². The number of likely N-dealkylation sites (N-methyl/N-ethyl adjacent to an activating group) is 1. The van der Waals surface area contributed by atoms with Gasteiger partial charge in [0.2, 0.25) is 0 Å². The zero-order valence-electron chi connectivity index (χ0n) is 16.8. The fourth-order valence-electron chi connectivity index (χ4n) is 4.14. The molecule has 2 aromatic rings. The average Bonchev–Trinajstić information content (AvgIpc) is 3.02. The van der Waals surface area contributed by atoms with Crippen LogP contribution in [0.25, 0.3) is 0 Å². The van der Waals surface area contributed by atoms with Gasteiger partial charge in [-0.1, -0.05) is 6.07 Å². The van der Waals surface area contributed by atoms with Crippen LogP contribution in [0.15, 0.2) is 18.2 Å². The minimum Gasteiger partial charge on any atom is -0.462 e. The fourth-order valence-corrected chi connectivity index (χ4v) is 4.14. The zero-order valence-corrected chi connectivity index (χ0v) is 16.8. The van der Waals surface area contributed by atoms with Gasteiger partial charge in [0.25, 0.3) is 0 Å². The van der Waals surface area contributed by atoms with Crippen molar-refractivity contribution in [2.45, 2.75) is 37.8 Å².